The lowest BCUT2D eigenvalue weighted by molar-refractivity contribution is -0.134. The SMILES string of the molecule is C=C1NN(CCCC)S(Cc2ccc(-c3ccccc3S(=O)(=O)NS(=O)(=O)N(C)C)cc2)=C1C(=O)OCC. The van der Waals surface area contributed by atoms with Crippen molar-refractivity contribution in [3.05, 3.63) is 66.4 Å². The van der Waals surface area contributed by atoms with Crippen LogP contribution in [0, 0.1) is 0 Å². The van der Waals surface area contributed by atoms with Gasteiger partial charge in [0.2, 0.25) is 0 Å². The van der Waals surface area contributed by atoms with Crippen molar-refractivity contribution in [1.82, 2.24) is 18.3 Å². The molecule has 0 spiro atoms. The Morgan fingerprint density at radius 3 is 2.34 bits per heavy atom. The van der Waals surface area contributed by atoms with Crippen LogP contribution in [0.1, 0.15) is 32.3 Å². The molecule has 2 aromatic rings. The largest absolute Gasteiger partial charge is 0.462 e. The Morgan fingerprint density at radius 2 is 1.74 bits per heavy atom. The minimum atomic E-state index is -4.37. The van der Waals surface area contributed by atoms with E-state index in [2.05, 4.69) is 18.9 Å². The van der Waals surface area contributed by atoms with Crippen LogP contribution in [0.2, 0.25) is 0 Å². The number of sulfonamides is 1. The molecular formula is C25H34N4O6S3. The van der Waals surface area contributed by atoms with E-state index in [1.807, 2.05) is 16.5 Å². The Kier molecular flexibility index (Phi) is 9.90. The molecule has 0 aromatic heterocycles. The highest BCUT2D eigenvalue weighted by Crippen LogP contribution is 2.35. The maximum Gasteiger partial charge on any atom is 0.347 e. The van der Waals surface area contributed by atoms with Gasteiger partial charge in [-0.1, -0.05) is 77.2 Å². The van der Waals surface area contributed by atoms with Gasteiger partial charge in [0.05, 0.1) is 17.2 Å². The number of hydrazine groups is 1. The summed E-state index contributed by atoms with van der Waals surface area (Å²) in [5.74, 6) is 0.149. The number of nitrogens with one attached hydrogen (secondary N) is 2. The molecule has 0 amide bonds. The van der Waals surface area contributed by atoms with E-state index < -0.39 is 30.9 Å². The summed E-state index contributed by atoms with van der Waals surface area (Å²) in [6.07, 6.45) is 1.94. The number of nitrogens with zero attached hydrogens (tertiary/aromatic N) is 2. The zero-order chi connectivity index (χ0) is 28.1. The van der Waals surface area contributed by atoms with Crippen LogP contribution in [0.3, 0.4) is 0 Å². The lowest BCUT2D eigenvalue weighted by atomic mass is 10.0. The van der Waals surface area contributed by atoms with Gasteiger partial charge in [0.25, 0.3) is 20.2 Å². The quantitative estimate of drug-likeness (QED) is 0.222. The summed E-state index contributed by atoms with van der Waals surface area (Å²) in [6.45, 7) is 8.89. The molecule has 13 heteroatoms. The second-order valence-electron chi connectivity index (χ2n) is 8.67. The topological polar surface area (TPSA) is 125 Å². The van der Waals surface area contributed by atoms with Crippen molar-refractivity contribution in [3.8, 4) is 11.1 Å². The van der Waals surface area contributed by atoms with Crippen LogP contribution in [0.15, 0.2) is 65.7 Å². The molecule has 1 unspecified atom stereocenters. The smallest absolute Gasteiger partial charge is 0.347 e. The number of benzene rings is 2. The molecule has 0 aliphatic carbocycles. The third kappa shape index (κ3) is 6.90. The zero-order valence-corrected chi connectivity index (χ0v) is 24.4. The predicted molar refractivity (Wildman–Crippen MR) is 152 cm³/mol. The molecule has 0 saturated heterocycles. The fraction of sp³-hybridized carbons (Fsp3) is 0.360. The fourth-order valence-corrected chi connectivity index (χ4v) is 8.66. The molecular weight excluding hydrogens is 548 g/mol. The van der Waals surface area contributed by atoms with Crippen molar-refractivity contribution in [3.63, 3.8) is 0 Å². The number of hydrogen-bond acceptors (Lipinski definition) is 8. The molecule has 1 aliphatic rings. The second-order valence-corrected chi connectivity index (χ2v) is 14.3. The first-order chi connectivity index (χ1) is 17.9. The van der Waals surface area contributed by atoms with Crippen molar-refractivity contribution in [2.45, 2.75) is 37.3 Å². The number of carbonyl (C=O) groups excluding carboxylic acids is 1. The minimum Gasteiger partial charge on any atom is -0.462 e. The van der Waals surface area contributed by atoms with E-state index in [9.17, 15) is 21.6 Å². The van der Waals surface area contributed by atoms with Crippen LogP contribution >= 0.6 is 10.7 Å². The molecule has 3 rings (SSSR count). The van der Waals surface area contributed by atoms with Crippen molar-refractivity contribution in [1.29, 1.82) is 0 Å². The number of esters is 1. The average molecular weight is 583 g/mol. The summed E-state index contributed by atoms with van der Waals surface area (Å²) in [5, 5.41) is 0. The number of hydrogen-bond donors (Lipinski definition) is 2. The molecule has 1 atom stereocenters. The molecule has 0 saturated carbocycles. The zero-order valence-electron chi connectivity index (χ0n) is 21.9. The van der Waals surface area contributed by atoms with Crippen LogP contribution in [-0.4, -0.2) is 63.6 Å². The van der Waals surface area contributed by atoms with Crippen LogP contribution in [0.4, 0.5) is 0 Å². The summed E-state index contributed by atoms with van der Waals surface area (Å²) in [5.41, 5.74) is 5.67. The number of unbranched alkanes of at least 4 members (excludes halogenated alkanes) is 1. The van der Waals surface area contributed by atoms with Crippen molar-refractivity contribution < 1.29 is 26.4 Å². The highest BCUT2D eigenvalue weighted by molar-refractivity contribution is 8.14. The van der Waals surface area contributed by atoms with Gasteiger partial charge in [-0.15, -0.1) is 0 Å². The van der Waals surface area contributed by atoms with E-state index in [-0.39, 0.29) is 17.5 Å². The van der Waals surface area contributed by atoms with Gasteiger partial charge in [0.15, 0.2) is 0 Å². The van der Waals surface area contributed by atoms with Crippen molar-refractivity contribution in [2.24, 2.45) is 0 Å². The molecule has 208 valence electrons. The van der Waals surface area contributed by atoms with Gasteiger partial charge >= 0.3 is 5.97 Å². The van der Waals surface area contributed by atoms with Crippen molar-refractivity contribution >= 4 is 41.7 Å². The summed E-state index contributed by atoms with van der Waals surface area (Å²) >= 11 is 0. The fourth-order valence-electron chi connectivity index (χ4n) is 3.68. The van der Waals surface area contributed by atoms with Crippen LogP contribution in [-0.2, 0) is 35.5 Å². The highest BCUT2D eigenvalue weighted by Gasteiger charge is 2.31. The standard InChI is InChI=1S/C25H34N4O6S3/c1-6-8-17-29-26-19(3)24(25(30)35-7-2)36(29)18-20-13-15-21(16-14-20)22-11-9-10-12-23(22)37(31,32)27-38(33,34)28(4)5/h9-16,26-27H,3,6-8,17-18H2,1-2,4-5H3. The van der Waals surface area contributed by atoms with Gasteiger partial charge in [-0.2, -0.15) is 17.1 Å². The molecule has 2 aromatic carbocycles. The number of rotatable bonds is 12. The third-order valence-electron chi connectivity index (χ3n) is 5.65. The Labute approximate surface area is 227 Å². The Morgan fingerprint density at radius 1 is 1.08 bits per heavy atom. The lowest BCUT2D eigenvalue weighted by Gasteiger charge is -2.21. The molecule has 2 N–H and O–H groups in total. The first-order valence-corrected chi connectivity index (χ1v) is 16.3. The van der Waals surface area contributed by atoms with E-state index in [0.29, 0.717) is 27.4 Å². The van der Waals surface area contributed by atoms with Crippen LogP contribution in [0.25, 0.3) is 11.1 Å². The predicted octanol–water partition coefficient (Wildman–Crippen LogP) is 2.99. The van der Waals surface area contributed by atoms with E-state index in [0.717, 1.165) is 29.3 Å². The van der Waals surface area contributed by atoms with E-state index in [1.54, 1.807) is 35.3 Å². The van der Waals surface area contributed by atoms with Gasteiger partial charge in [0, 0.05) is 32.0 Å². The van der Waals surface area contributed by atoms with E-state index >= 15 is 0 Å². The van der Waals surface area contributed by atoms with Crippen LogP contribution < -0.4 is 9.55 Å². The summed E-state index contributed by atoms with van der Waals surface area (Å²) in [7, 11) is -6.72. The number of ether oxygens (including phenoxy) is 1. The molecule has 0 fully saturated rings. The molecule has 1 heterocycles. The van der Waals surface area contributed by atoms with Gasteiger partial charge in [-0.05, 0) is 30.5 Å². The molecule has 0 radical (unpaired) electrons. The maximum absolute atomic E-state index is 13.0. The second kappa shape index (κ2) is 12.5. The van der Waals surface area contributed by atoms with Gasteiger partial charge in [0.1, 0.15) is 4.86 Å². The van der Waals surface area contributed by atoms with E-state index in [1.165, 1.54) is 26.2 Å². The average Bonchev–Trinajstić information content (AvgIpc) is 3.17. The molecule has 1 aliphatic heterocycles. The maximum atomic E-state index is 13.0. The third-order valence-corrected chi connectivity index (χ3v) is 11.6. The highest BCUT2D eigenvalue weighted by atomic mass is 32.3. The molecule has 10 nitrogen and oxygen atoms in total. The van der Waals surface area contributed by atoms with Gasteiger partial charge < -0.3 is 10.2 Å². The Hall–Kier alpha value is -2.55. The number of carbonyl (C=O) groups is 1. The summed E-state index contributed by atoms with van der Waals surface area (Å²) in [6, 6.07) is 13.5. The normalized spacial score (nSPS) is 16.6. The first-order valence-electron chi connectivity index (χ1n) is 12.0. The van der Waals surface area contributed by atoms with E-state index in [4.69, 9.17) is 4.74 Å². The lowest BCUT2D eigenvalue weighted by Crippen LogP contribution is -2.39. The van der Waals surface area contributed by atoms with Gasteiger partial charge in [-0.3, -0.25) is 0 Å². The van der Waals surface area contributed by atoms with Gasteiger partial charge in [-0.25, -0.2) is 13.2 Å². The molecule has 38 heavy (non-hydrogen) atoms. The van der Waals surface area contributed by atoms with Crippen LogP contribution in [0.5, 0.6) is 0 Å². The summed E-state index contributed by atoms with van der Waals surface area (Å²) < 4.78 is 60.2. The first kappa shape index (κ1) is 30.0. The Balaban J connectivity index is 1.94. The van der Waals surface area contributed by atoms with Crippen molar-refractivity contribution in [2.75, 3.05) is 27.2 Å². The summed E-state index contributed by atoms with van der Waals surface area (Å²) in [4.78, 5) is 13.1. The Bertz CT molecular complexity index is 1440. The monoisotopic (exact) mass is 582 g/mol. The minimum absolute atomic E-state index is 0.153. The molecule has 0 bridgehead atoms.